The van der Waals surface area contributed by atoms with Crippen LogP contribution in [0.3, 0.4) is 0 Å². The molecule has 3 saturated heterocycles. The Morgan fingerprint density at radius 1 is 0.809 bits per heavy atom. The van der Waals surface area contributed by atoms with E-state index in [1.165, 1.54) is 41.1 Å². The molecule has 6 aliphatic rings. The highest BCUT2D eigenvalue weighted by Crippen LogP contribution is 2.60. The van der Waals surface area contributed by atoms with E-state index in [0.29, 0.717) is 6.42 Å². The number of hydrogen-bond donors (Lipinski definition) is 1. The van der Waals surface area contributed by atoms with Gasteiger partial charge in [-0.05, 0) is 40.8 Å². The molecule has 13 heteroatoms. The molecular weight excluding hydrogens is 665 g/mol. The van der Waals surface area contributed by atoms with E-state index in [1.54, 1.807) is 12.1 Å². The normalized spacial score (nSPS) is 32.1. The second-order valence-electron chi connectivity index (χ2n) is 12.6. The van der Waals surface area contributed by atoms with Gasteiger partial charge in [-0.25, -0.2) is 0 Å². The van der Waals surface area contributed by atoms with Gasteiger partial charge in [-0.3, -0.25) is 18.3 Å². The van der Waals surface area contributed by atoms with Crippen LogP contribution in [0.4, 0.5) is 0 Å². The average Bonchev–Trinajstić information content (AvgIpc) is 3.67. The molecule has 3 aliphatic heterocycles. The minimum Gasteiger partial charge on any atom is -0.458 e. The Labute approximate surface area is 274 Å². The number of rotatable bonds is 5. The van der Waals surface area contributed by atoms with Crippen molar-refractivity contribution in [1.82, 2.24) is 0 Å². The molecule has 0 aromatic heterocycles. The van der Waals surface area contributed by atoms with Gasteiger partial charge in [-0.1, -0.05) is 72.8 Å². The predicted molar refractivity (Wildman–Crippen MR) is 170 cm³/mol. The van der Waals surface area contributed by atoms with Gasteiger partial charge in [0.25, 0.3) is 20.2 Å². The van der Waals surface area contributed by atoms with Crippen LogP contribution in [0.25, 0.3) is 10.8 Å². The van der Waals surface area contributed by atoms with Crippen LogP contribution in [0, 0.1) is 11.8 Å². The fourth-order valence-electron chi connectivity index (χ4n) is 8.55. The molecule has 3 aliphatic carbocycles. The Balaban J connectivity index is 1.03. The second-order valence-corrected chi connectivity index (χ2v) is 17.1. The monoisotopic (exact) mass is 690 g/mol. The average molecular weight is 691 g/mol. The third kappa shape index (κ3) is 4.23. The lowest BCUT2D eigenvalue weighted by molar-refractivity contribution is -0.162. The predicted octanol–water partition coefficient (Wildman–Crippen LogP) is 4.41. The first-order chi connectivity index (χ1) is 22.5. The molecule has 0 radical (unpaired) electrons. The van der Waals surface area contributed by atoms with Crippen molar-refractivity contribution in [1.29, 1.82) is 0 Å². The Bertz CT molecular complexity index is 2200. The summed E-state index contributed by atoms with van der Waals surface area (Å²) in [5.41, 5.74) is 4.56. The largest absolute Gasteiger partial charge is 0.458 e. The minimum absolute atomic E-state index is 0.00254. The molecule has 3 heterocycles. The highest BCUT2D eigenvalue weighted by Gasteiger charge is 2.73. The van der Waals surface area contributed by atoms with Crippen molar-refractivity contribution in [3.63, 3.8) is 0 Å². The highest BCUT2D eigenvalue weighted by molar-refractivity contribution is 8.03. The Morgan fingerprint density at radius 3 is 2.09 bits per heavy atom. The summed E-state index contributed by atoms with van der Waals surface area (Å²) in [4.78, 5) is 27.6. The molecule has 0 amide bonds. The molecule has 10 nitrogen and oxygen atoms in total. The van der Waals surface area contributed by atoms with Gasteiger partial charge in [0.15, 0.2) is 0 Å². The third-order valence-corrected chi connectivity index (χ3v) is 14.9. The standard InChI is InChI=1S/C34H26O10S3/c35-33(23-15-22-16-7-1-5-11-20(16)26(23)21-12-6-2-8-17(21)22)43-28-29-31-32(47(40,41)44-29)27(30(28)45-31)34(36)42-24-13-14-25(46(37,38)39)19-10-4-3-9-18(19)24/h1-14,22-23,26-32H,15H2,(H,37,38,39). The molecule has 4 aromatic carbocycles. The van der Waals surface area contributed by atoms with Crippen LogP contribution < -0.4 is 4.74 Å². The highest BCUT2D eigenvalue weighted by atomic mass is 32.2. The summed E-state index contributed by atoms with van der Waals surface area (Å²) in [6.45, 7) is 0. The summed E-state index contributed by atoms with van der Waals surface area (Å²) in [6.07, 6.45) is -1.35. The number of ether oxygens (including phenoxy) is 2. The molecule has 7 unspecified atom stereocenters. The van der Waals surface area contributed by atoms with Crippen LogP contribution in [0.5, 0.6) is 5.75 Å². The third-order valence-electron chi connectivity index (χ3n) is 10.4. The minimum atomic E-state index is -4.57. The number of esters is 2. The van der Waals surface area contributed by atoms with E-state index in [4.69, 9.17) is 13.7 Å². The van der Waals surface area contributed by atoms with Crippen molar-refractivity contribution in [3.05, 3.63) is 107 Å². The molecule has 4 bridgehead atoms. The number of carbonyl (C=O) groups excluding carboxylic acids is 2. The zero-order valence-corrected chi connectivity index (χ0v) is 26.8. The van der Waals surface area contributed by atoms with E-state index in [0.717, 1.165) is 17.2 Å². The fourth-order valence-corrected chi connectivity index (χ4v) is 13.7. The van der Waals surface area contributed by atoms with Gasteiger partial charge in [0.2, 0.25) is 0 Å². The van der Waals surface area contributed by atoms with Crippen molar-refractivity contribution in [2.24, 2.45) is 11.8 Å². The maximum Gasteiger partial charge on any atom is 0.317 e. The number of thioether (sulfide) groups is 1. The van der Waals surface area contributed by atoms with Crippen LogP contribution >= 0.6 is 11.8 Å². The summed E-state index contributed by atoms with van der Waals surface area (Å²) in [5.74, 6) is -3.19. The summed E-state index contributed by atoms with van der Waals surface area (Å²) in [5, 5.41) is -2.16. The summed E-state index contributed by atoms with van der Waals surface area (Å²) < 4.78 is 77.6. The second kappa shape index (κ2) is 10.1. The van der Waals surface area contributed by atoms with E-state index in [9.17, 15) is 31.0 Å². The molecule has 0 saturated carbocycles. The van der Waals surface area contributed by atoms with Crippen LogP contribution in [0.15, 0.2) is 89.8 Å². The molecule has 7 atom stereocenters. The number of carbonyl (C=O) groups is 2. The summed E-state index contributed by atoms with van der Waals surface area (Å²) in [6, 6.07) is 24.8. The van der Waals surface area contributed by atoms with E-state index < -0.39 is 72.0 Å². The fraction of sp³-hybridized carbons (Fsp3) is 0.294. The molecule has 1 N–H and O–H groups in total. The quantitative estimate of drug-likeness (QED) is 0.137. The zero-order valence-electron chi connectivity index (χ0n) is 24.3. The van der Waals surface area contributed by atoms with Crippen molar-refractivity contribution in [2.75, 3.05) is 0 Å². The maximum absolute atomic E-state index is 14.1. The first kappa shape index (κ1) is 29.4. The Kier molecular flexibility index (Phi) is 6.33. The molecule has 0 spiro atoms. The number of benzene rings is 4. The van der Waals surface area contributed by atoms with Gasteiger partial charge < -0.3 is 9.47 Å². The van der Waals surface area contributed by atoms with E-state index >= 15 is 0 Å². The molecular formula is C34H26O10S3. The number of hydrogen-bond acceptors (Lipinski definition) is 10. The van der Waals surface area contributed by atoms with E-state index in [-0.39, 0.29) is 33.3 Å². The molecule has 240 valence electrons. The first-order valence-corrected chi connectivity index (χ1v) is 19.0. The Hall–Kier alpha value is -3.75. The van der Waals surface area contributed by atoms with Crippen molar-refractivity contribution in [3.8, 4) is 5.75 Å². The van der Waals surface area contributed by atoms with Crippen LogP contribution in [-0.4, -0.2) is 61.3 Å². The van der Waals surface area contributed by atoms with E-state index in [1.807, 2.05) is 36.4 Å². The van der Waals surface area contributed by atoms with Gasteiger partial charge in [-0.2, -0.15) is 16.8 Å². The molecule has 3 fully saturated rings. The lowest BCUT2D eigenvalue weighted by atomic mass is 9.59. The number of fused-ring (bicyclic) bond motifs is 3. The van der Waals surface area contributed by atoms with Crippen molar-refractivity contribution < 1.29 is 44.6 Å². The van der Waals surface area contributed by atoms with Gasteiger partial charge in [0, 0.05) is 22.6 Å². The van der Waals surface area contributed by atoms with Gasteiger partial charge in [0.05, 0.1) is 22.3 Å². The van der Waals surface area contributed by atoms with Gasteiger partial charge >= 0.3 is 11.9 Å². The molecule has 10 rings (SSSR count). The zero-order chi connectivity index (χ0) is 32.4. The van der Waals surface area contributed by atoms with Gasteiger partial charge in [-0.15, -0.1) is 11.8 Å². The van der Waals surface area contributed by atoms with Crippen molar-refractivity contribution in [2.45, 2.75) is 51.1 Å². The topological polar surface area (TPSA) is 150 Å². The van der Waals surface area contributed by atoms with Crippen LogP contribution in [-0.2, 0) is 38.7 Å². The maximum atomic E-state index is 14.1. The van der Waals surface area contributed by atoms with E-state index in [2.05, 4.69) is 12.1 Å². The first-order valence-electron chi connectivity index (χ1n) is 15.2. The van der Waals surface area contributed by atoms with Gasteiger partial charge in [0.1, 0.15) is 28.1 Å². The summed E-state index contributed by atoms with van der Waals surface area (Å²) in [7, 11) is -8.77. The van der Waals surface area contributed by atoms with Crippen molar-refractivity contribution >= 4 is 54.7 Å². The molecule has 47 heavy (non-hydrogen) atoms. The lowest BCUT2D eigenvalue weighted by Crippen LogP contribution is -2.51. The smallest absolute Gasteiger partial charge is 0.317 e. The lowest BCUT2D eigenvalue weighted by Gasteiger charge is -2.44. The van der Waals surface area contributed by atoms with Crippen LogP contribution in [0.1, 0.15) is 40.5 Å². The van der Waals surface area contributed by atoms with Crippen LogP contribution in [0.2, 0.25) is 0 Å². The Morgan fingerprint density at radius 2 is 1.43 bits per heavy atom. The molecule has 4 aromatic rings. The summed E-state index contributed by atoms with van der Waals surface area (Å²) >= 11 is 1.26. The SMILES string of the molecule is O=C(OC1C2OS(=O)(=O)C3C2SC1C3C(=O)Oc1ccc(S(=O)(=O)O)c2ccccc12)C1CC2c3ccccc3C1c1ccccc12.